The van der Waals surface area contributed by atoms with Crippen LogP contribution in [0.5, 0.6) is 5.75 Å². The first-order valence-electron chi connectivity index (χ1n) is 5.49. The third kappa shape index (κ3) is 3.46. The van der Waals surface area contributed by atoms with E-state index >= 15 is 0 Å². The molecule has 0 aliphatic carbocycles. The van der Waals surface area contributed by atoms with Crippen molar-refractivity contribution in [3.05, 3.63) is 57.8 Å². The highest BCUT2D eigenvalue weighted by molar-refractivity contribution is 6.36. The number of hydrazone groups is 1. The van der Waals surface area contributed by atoms with Crippen molar-refractivity contribution in [1.82, 2.24) is 10.4 Å². The van der Waals surface area contributed by atoms with E-state index in [0.717, 1.165) is 0 Å². The standard InChI is InChI=1S/C13H9Cl2N3O2/c14-10-4-9(12(19)11(15)5-10)7-17-18-13(20)8-2-1-3-16-6-8/h1-7,19H,(H,18,20). The van der Waals surface area contributed by atoms with Crippen molar-refractivity contribution in [3.8, 4) is 5.75 Å². The molecule has 0 atom stereocenters. The normalized spacial score (nSPS) is 10.7. The van der Waals surface area contributed by atoms with Crippen LogP contribution in [-0.2, 0) is 0 Å². The summed E-state index contributed by atoms with van der Waals surface area (Å²) in [5.74, 6) is -0.572. The smallest absolute Gasteiger partial charge is 0.272 e. The minimum absolute atomic E-state index is 0.109. The second-order valence-electron chi connectivity index (χ2n) is 3.77. The fourth-order valence-electron chi connectivity index (χ4n) is 1.41. The Labute approximate surface area is 124 Å². The Bertz CT molecular complexity index is 660. The summed E-state index contributed by atoms with van der Waals surface area (Å²) in [4.78, 5) is 15.5. The fourth-order valence-corrected chi connectivity index (χ4v) is 1.92. The van der Waals surface area contributed by atoms with Crippen LogP contribution in [0.2, 0.25) is 10.0 Å². The van der Waals surface area contributed by atoms with Crippen molar-refractivity contribution in [2.45, 2.75) is 0 Å². The minimum Gasteiger partial charge on any atom is -0.506 e. The molecule has 0 saturated heterocycles. The van der Waals surface area contributed by atoms with Crippen LogP contribution in [0, 0.1) is 0 Å². The highest BCUT2D eigenvalue weighted by Crippen LogP contribution is 2.29. The Hall–Kier alpha value is -2.11. The van der Waals surface area contributed by atoms with E-state index in [0.29, 0.717) is 16.1 Å². The van der Waals surface area contributed by atoms with Crippen LogP contribution < -0.4 is 5.43 Å². The lowest BCUT2D eigenvalue weighted by Gasteiger charge is -2.02. The Morgan fingerprint density at radius 2 is 2.20 bits per heavy atom. The Kier molecular flexibility index (Phi) is 4.55. The third-order valence-electron chi connectivity index (χ3n) is 2.35. The molecule has 1 heterocycles. The molecule has 20 heavy (non-hydrogen) atoms. The van der Waals surface area contributed by atoms with E-state index in [1.165, 1.54) is 24.5 Å². The number of hydrogen-bond acceptors (Lipinski definition) is 4. The van der Waals surface area contributed by atoms with Crippen LogP contribution in [0.15, 0.2) is 41.8 Å². The van der Waals surface area contributed by atoms with Crippen LogP contribution in [0.1, 0.15) is 15.9 Å². The predicted molar refractivity (Wildman–Crippen MR) is 77.4 cm³/mol. The molecule has 0 unspecified atom stereocenters. The van der Waals surface area contributed by atoms with Crippen molar-refractivity contribution < 1.29 is 9.90 Å². The Balaban J connectivity index is 2.10. The minimum atomic E-state index is -0.415. The summed E-state index contributed by atoms with van der Waals surface area (Å²) in [5, 5.41) is 13.9. The predicted octanol–water partition coefficient (Wildman–Crippen LogP) is 2.86. The Morgan fingerprint density at radius 3 is 2.90 bits per heavy atom. The number of aromatic hydroxyl groups is 1. The van der Waals surface area contributed by atoms with Crippen LogP contribution in [0.25, 0.3) is 0 Å². The molecule has 5 nitrogen and oxygen atoms in total. The van der Waals surface area contributed by atoms with Gasteiger partial charge in [0.1, 0.15) is 5.75 Å². The van der Waals surface area contributed by atoms with Crippen LogP contribution >= 0.6 is 23.2 Å². The molecular formula is C13H9Cl2N3O2. The van der Waals surface area contributed by atoms with E-state index in [2.05, 4.69) is 15.5 Å². The first-order valence-corrected chi connectivity index (χ1v) is 6.25. The molecule has 7 heteroatoms. The number of benzene rings is 1. The number of carbonyl (C=O) groups is 1. The van der Waals surface area contributed by atoms with Gasteiger partial charge in [-0.2, -0.15) is 5.10 Å². The monoisotopic (exact) mass is 309 g/mol. The number of hydrogen-bond donors (Lipinski definition) is 2. The Morgan fingerprint density at radius 1 is 1.40 bits per heavy atom. The molecule has 1 aromatic heterocycles. The van der Waals surface area contributed by atoms with Crippen LogP contribution in [-0.4, -0.2) is 22.2 Å². The SMILES string of the molecule is O=C(NN=Cc1cc(Cl)cc(Cl)c1O)c1cccnc1. The molecule has 2 N–H and O–H groups in total. The average Bonchev–Trinajstić information content (AvgIpc) is 2.44. The first-order chi connectivity index (χ1) is 9.58. The van der Waals surface area contributed by atoms with Crippen LogP contribution in [0.3, 0.4) is 0 Å². The largest absolute Gasteiger partial charge is 0.506 e. The van der Waals surface area contributed by atoms with E-state index < -0.39 is 5.91 Å². The summed E-state index contributed by atoms with van der Waals surface area (Å²) in [6, 6.07) is 6.12. The molecular weight excluding hydrogens is 301 g/mol. The van der Waals surface area contributed by atoms with Crippen molar-refractivity contribution in [1.29, 1.82) is 0 Å². The number of rotatable bonds is 3. The number of phenolic OH excluding ortho intramolecular Hbond substituents is 1. The van der Waals surface area contributed by atoms with E-state index in [1.807, 2.05) is 0 Å². The van der Waals surface area contributed by atoms with E-state index in [1.54, 1.807) is 18.3 Å². The van der Waals surface area contributed by atoms with Gasteiger partial charge in [0.25, 0.3) is 5.91 Å². The maximum atomic E-state index is 11.7. The quantitative estimate of drug-likeness (QED) is 0.676. The third-order valence-corrected chi connectivity index (χ3v) is 2.86. The maximum Gasteiger partial charge on any atom is 0.272 e. The molecule has 0 radical (unpaired) electrons. The molecule has 1 aromatic carbocycles. The van der Waals surface area contributed by atoms with Gasteiger partial charge in [-0.15, -0.1) is 0 Å². The van der Waals surface area contributed by atoms with Gasteiger partial charge in [0.2, 0.25) is 0 Å². The highest BCUT2D eigenvalue weighted by atomic mass is 35.5. The zero-order chi connectivity index (χ0) is 14.5. The lowest BCUT2D eigenvalue weighted by atomic mass is 10.2. The molecule has 1 amide bonds. The summed E-state index contributed by atoms with van der Waals surface area (Å²) in [5.41, 5.74) is 2.98. The molecule has 2 rings (SSSR count). The summed E-state index contributed by atoms with van der Waals surface area (Å²) in [7, 11) is 0. The van der Waals surface area contributed by atoms with E-state index in [-0.39, 0.29) is 10.8 Å². The molecule has 102 valence electrons. The van der Waals surface area contributed by atoms with Crippen molar-refractivity contribution in [3.63, 3.8) is 0 Å². The van der Waals surface area contributed by atoms with Gasteiger partial charge in [-0.3, -0.25) is 9.78 Å². The topological polar surface area (TPSA) is 74.6 Å². The molecule has 0 saturated carbocycles. The van der Waals surface area contributed by atoms with E-state index in [4.69, 9.17) is 23.2 Å². The number of nitrogens with one attached hydrogen (secondary N) is 1. The number of amides is 1. The number of aromatic nitrogens is 1. The van der Waals surface area contributed by atoms with Gasteiger partial charge in [-0.25, -0.2) is 5.43 Å². The summed E-state index contributed by atoms with van der Waals surface area (Å²) in [6.45, 7) is 0. The lowest BCUT2D eigenvalue weighted by Crippen LogP contribution is -2.17. The highest BCUT2D eigenvalue weighted by Gasteiger charge is 2.06. The van der Waals surface area contributed by atoms with Crippen molar-refractivity contribution in [2.75, 3.05) is 0 Å². The van der Waals surface area contributed by atoms with Crippen LogP contribution in [0.4, 0.5) is 0 Å². The second kappa shape index (κ2) is 6.36. The lowest BCUT2D eigenvalue weighted by molar-refractivity contribution is 0.0954. The van der Waals surface area contributed by atoms with E-state index in [9.17, 15) is 9.90 Å². The summed E-state index contributed by atoms with van der Waals surface area (Å²) < 4.78 is 0. The fraction of sp³-hybridized carbons (Fsp3) is 0. The summed E-state index contributed by atoms with van der Waals surface area (Å²) in [6.07, 6.45) is 4.23. The molecule has 0 spiro atoms. The van der Waals surface area contributed by atoms with Gasteiger partial charge in [-0.05, 0) is 24.3 Å². The molecule has 2 aromatic rings. The maximum absolute atomic E-state index is 11.7. The number of phenols is 1. The second-order valence-corrected chi connectivity index (χ2v) is 4.61. The summed E-state index contributed by atoms with van der Waals surface area (Å²) >= 11 is 11.6. The van der Waals surface area contributed by atoms with Crippen molar-refractivity contribution >= 4 is 35.3 Å². The van der Waals surface area contributed by atoms with Gasteiger partial charge in [0, 0.05) is 23.0 Å². The van der Waals surface area contributed by atoms with Crippen molar-refractivity contribution in [2.24, 2.45) is 5.10 Å². The number of halogens is 2. The van der Waals surface area contributed by atoms with Gasteiger partial charge >= 0.3 is 0 Å². The molecule has 0 fully saturated rings. The average molecular weight is 310 g/mol. The molecule has 0 bridgehead atoms. The van der Waals surface area contributed by atoms with Gasteiger partial charge in [0.15, 0.2) is 0 Å². The number of pyridine rings is 1. The molecule has 0 aliphatic rings. The van der Waals surface area contributed by atoms with Gasteiger partial charge in [-0.1, -0.05) is 23.2 Å². The first kappa shape index (κ1) is 14.3. The van der Waals surface area contributed by atoms with Gasteiger partial charge in [0.05, 0.1) is 16.8 Å². The zero-order valence-electron chi connectivity index (χ0n) is 10.0. The number of nitrogens with zero attached hydrogens (tertiary/aromatic N) is 2. The zero-order valence-corrected chi connectivity index (χ0v) is 11.6. The number of carbonyl (C=O) groups excluding carboxylic acids is 1. The van der Waals surface area contributed by atoms with Gasteiger partial charge < -0.3 is 5.11 Å². The molecule has 0 aliphatic heterocycles.